The van der Waals surface area contributed by atoms with E-state index in [0.717, 1.165) is 25.2 Å². The lowest BCUT2D eigenvalue weighted by molar-refractivity contribution is 0.0963. The lowest BCUT2D eigenvalue weighted by atomic mass is 10.0. The summed E-state index contributed by atoms with van der Waals surface area (Å²) in [5, 5.41) is 6.58. The van der Waals surface area contributed by atoms with Crippen LogP contribution in [-0.4, -0.2) is 43.0 Å². The number of piperidine rings is 1. The van der Waals surface area contributed by atoms with Crippen LogP contribution in [0, 0.1) is 5.92 Å². The van der Waals surface area contributed by atoms with E-state index in [1.807, 2.05) is 12.1 Å². The number of nitrogens with one attached hydrogen (secondary N) is 2. The Kier molecular flexibility index (Phi) is 10.2. The van der Waals surface area contributed by atoms with Crippen LogP contribution in [0.4, 0.5) is 0 Å². The zero-order valence-corrected chi connectivity index (χ0v) is 20.6. The number of rotatable bonds is 7. The molecular weight excluding hydrogens is 441 g/mol. The van der Waals surface area contributed by atoms with E-state index in [-0.39, 0.29) is 30.7 Å². The first-order chi connectivity index (χ1) is 14.6. The van der Waals surface area contributed by atoms with Crippen molar-refractivity contribution in [1.29, 1.82) is 0 Å². The number of amides is 1. The lowest BCUT2D eigenvalue weighted by Gasteiger charge is -2.32. The summed E-state index contributed by atoms with van der Waals surface area (Å²) in [5.41, 5.74) is 4.80. The molecule has 0 unspecified atom stereocenters. The maximum Gasteiger partial charge on any atom is 0.251 e. The van der Waals surface area contributed by atoms with Crippen molar-refractivity contribution in [3.8, 4) is 0 Å². The normalized spacial score (nSPS) is 21.2. The second-order valence-corrected chi connectivity index (χ2v) is 8.74. The molecule has 174 valence electrons. The molecule has 0 bridgehead atoms. The van der Waals surface area contributed by atoms with Gasteiger partial charge in [-0.05, 0) is 68.5 Å². The molecule has 6 heteroatoms. The van der Waals surface area contributed by atoms with E-state index < -0.39 is 0 Å². The minimum atomic E-state index is -0.0272. The molecule has 32 heavy (non-hydrogen) atoms. The zero-order valence-electron chi connectivity index (χ0n) is 18.9. The highest BCUT2D eigenvalue weighted by molar-refractivity contribution is 5.93. The highest BCUT2D eigenvalue weighted by Gasteiger charge is 2.39. The average Bonchev–Trinajstić information content (AvgIpc) is 3.55. The Hall–Kier alpha value is -1.85. The number of hydrogen-bond acceptors (Lipinski definition) is 3. The van der Waals surface area contributed by atoms with Gasteiger partial charge in [-0.2, -0.15) is 0 Å². The molecule has 0 spiro atoms. The van der Waals surface area contributed by atoms with Gasteiger partial charge in [-0.25, -0.2) is 0 Å². The predicted molar refractivity (Wildman–Crippen MR) is 138 cm³/mol. The Morgan fingerprint density at radius 2 is 1.69 bits per heavy atom. The van der Waals surface area contributed by atoms with Crippen molar-refractivity contribution in [2.45, 2.75) is 44.8 Å². The fraction of sp³-hybridized carbons (Fsp3) is 0.423. The van der Waals surface area contributed by atoms with Gasteiger partial charge in [0.05, 0.1) is 0 Å². The topological polar surface area (TPSA) is 44.4 Å². The van der Waals surface area contributed by atoms with Crippen molar-refractivity contribution in [2.24, 2.45) is 5.92 Å². The molecule has 2 fully saturated rings. The van der Waals surface area contributed by atoms with Crippen LogP contribution in [0.3, 0.4) is 0 Å². The first kappa shape index (κ1) is 26.4. The monoisotopic (exact) mass is 475 g/mol. The molecule has 1 saturated carbocycles. The molecule has 2 atom stereocenters. The van der Waals surface area contributed by atoms with Crippen LogP contribution in [0.15, 0.2) is 60.2 Å². The fourth-order valence-corrected chi connectivity index (χ4v) is 4.53. The highest BCUT2D eigenvalue weighted by atomic mass is 35.5. The summed E-state index contributed by atoms with van der Waals surface area (Å²) in [5.74, 6) is 0.669. The second kappa shape index (κ2) is 12.4. The Morgan fingerprint density at radius 3 is 2.31 bits per heavy atom. The Balaban J connectivity index is 0.00000181. The van der Waals surface area contributed by atoms with Gasteiger partial charge in [0.25, 0.3) is 5.91 Å². The molecule has 1 heterocycles. The molecule has 2 aromatic rings. The van der Waals surface area contributed by atoms with E-state index >= 15 is 0 Å². The number of carbonyl (C=O) groups excluding carboxylic acids is 1. The molecule has 2 aliphatic rings. The molecule has 1 aliphatic heterocycles. The minimum Gasteiger partial charge on any atom is -0.355 e. The first-order valence-corrected chi connectivity index (χ1v) is 11.1. The van der Waals surface area contributed by atoms with E-state index in [2.05, 4.69) is 71.0 Å². The lowest BCUT2D eigenvalue weighted by Crippen LogP contribution is -2.43. The molecule has 1 aliphatic carbocycles. The van der Waals surface area contributed by atoms with Crippen molar-refractivity contribution in [3.05, 3.63) is 76.9 Å². The highest BCUT2D eigenvalue weighted by Crippen LogP contribution is 2.38. The molecule has 0 radical (unpaired) electrons. The average molecular weight is 476 g/mol. The Bertz CT molecular complexity index is 878. The van der Waals surface area contributed by atoms with Gasteiger partial charge in [0.2, 0.25) is 0 Å². The number of hydrogen-bond donors (Lipinski definition) is 2. The van der Waals surface area contributed by atoms with Crippen LogP contribution in [-0.2, 0) is 6.54 Å². The van der Waals surface area contributed by atoms with Crippen LogP contribution in [0.1, 0.15) is 47.7 Å². The minimum absolute atomic E-state index is 0. The Labute approximate surface area is 204 Å². The summed E-state index contributed by atoms with van der Waals surface area (Å²) in [7, 11) is 1.67. The van der Waals surface area contributed by atoms with Gasteiger partial charge in [0, 0.05) is 31.2 Å². The third kappa shape index (κ3) is 7.08. The molecule has 0 aromatic heterocycles. The summed E-state index contributed by atoms with van der Waals surface area (Å²) in [4.78, 5) is 14.2. The summed E-state index contributed by atoms with van der Waals surface area (Å²) in [6, 6.07) is 19.9. The van der Waals surface area contributed by atoms with Crippen LogP contribution >= 0.6 is 24.8 Å². The third-order valence-corrected chi connectivity index (χ3v) is 6.46. The van der Waals surface area contributed by atoms with E-state index in [0.29, 0.717) is 18.0 Å². The van der Waals surface area contributed by atoms with Crippen molar-refractivity contribution < 1.29 is 4.79 Å². The fourth-order valence-electron chi connectivity index (χ4n) is 4.53. The first-order valence-electron chi connectivity index (χ1n) is 11.1. The SMILES string of the molecule is CNC(=O)c1ccc(CN2CCC(N[C@@H]3C[C@H]3/C(C)=C/c3ccccc3)CC2)cc1.Cl.Cl. The molecule has 1 amide bonds. The summed E-state index contributed by atoms with van der Waals surface area (Å²) in [6.07, 6.45) is 6.03. The van der Waals surface area contributed by atoms with Crippen LogP contribution < -0.4 is 10.6 Å². The van der Waals surface area contributed by atoms with Gasteiger partial charge in [-0.3, -0.25) is 9.69 Å². The van der Waals surface area contributed by atoms with E-state index in [9.17, 15) is 4.79 Å². The molecule has 2 aromatic carbocycles. The van der Waals surface area contributed by atoms with Gasteiger partial charge in [-0.1, -0.05) is 54.1 Å². The third-order valence-electron chi connectivity index (χ3n) is 6.46. The van der Waals surface area contributed by atoms with Gasteiger partial charge < -0.3 is 10.6 Å². The van der Waals surface area contributed by atoms with Crippen molar-refractivity contribution in [3.63, 3.8) is 0 Å². The number of nitrogens with zero attached hydrogens (tertiary/aromatic N) is 1. The van der Waals surface area contributed by atoms with Crippen molar-refractivity contribution in [1.82, 2.24) is 15.5 Å². The molecule has 4 nitrogen and oxygen atoms in total. The van der Waals surface area contributed by atoms with Gasteiger partial charge in [0.1, 0.15) is 0 Å². The van der Waals surface area contributed by atoms with E-state index in [1.165, 1.54) is 36.0 Å². The van der Waals surface area contributed by atoms with Gasteiger partial charge >= 0.3 is 0 Å². The summed E-state index contributed by atoms with van der Waals surface area (Å²) >= 11 is 0. The van der Waals surface area contributed by atoms with Crippen LogP contribution in [0.25, 0.3) is 6.08 Å². The van der Waals surface area contributed by atoms with E-state index in [1.54, 1.807) is 7.05 Å². The quantitative estimate of drug-likeness (QED) is 0.595. The maximum atomic E-state index is 11.7. The molecule has 2 N–H and O–H groups in total. The number of halogens is 2. The van der Waals surface area contributed by atoms with Crippen LogP contribution in [0.2, 0.25) is 0 Å². The predicted octanol–water partition coefficient (Wildman–Crippen LogP) is 4.94. The number of carbonyl (C=O) groups is 1. The zero-order chi connectivity index (χ0) is 20.9. The molecule has 1 saturated heterocycles. The standard InChI is InChI=1S/C26H33N3O.2ClH/c1-19(16-20-6-4-3-5-7-20)24-17-25(24)28-23-12-14-29(15-13-23)18-21-8-10-22(11-9-21)26(30)27-2;;/h3-11,16,23-25,28H,12-15,17-18H2,1-2H3,(H,27,30);2*1H/b19-16+;;/t24-,25+;;/m0../s1. The molecule has 4 rings (SSSR count). The van der Waals surface area contributed by atoms with Crippen LogP contribution in [0.5, 0.6) is 0 Å². The van der Waals surface area contributed by atoms with E-state index in [4.69, 9.17) is 0 Å². The molecular formula is C26H35Cl2N3O. The smallest absolute Gasteiger partial charge is 0.251 e. The number of likely N-dealkylation sites (tertiary alicyclic amines) is 1. The van der Waals surface area contributed by atoms with Gasteiger partial charge in [-0.15, -0.1) is 24.8 Å². The van der Waals surface area contributed by atoms with Crippen molar-refractivity contribution in [2.75, 3.05) is 20.1 Å². The number of benzene rings is 2. The Morgan fingerprint density at radius 1 is 1.03 bits per heavy atom. The van der Waals surface area contributed by atoms with Gasteiger partial charge in [0.15, 0.2) is 0 Å². The maximum absolute atomic E-state index is 11.7. The van der Waals surface area contributed by atoms with Crippen molar-refractivity contribution >= 4 is 36.8 Å². The summed E-state index contributed by atoms with van der Waals surface area (Å²) < 4.78 is 0. The summed E-state index contributed by atoms with van der Waals surface area (Å²) in [6.45, 7) is 5.50. The second-order valence-electron chi connectivity index (χ2n) is 8.74. The largest absolute Gasteiger partial charge is 0.355 e.